The van der Waals surface area contributed by atoms with E-state index < -0.39 is 0 Å². The van der Waals surface area contributed by atoms with E-state index in [4.69, 9.17) is 5.11 Å². The molecular weight excluding hydrogens is 175 g/mol. The zero-order valence-corrected chi connectivity index (χ0v) is 7.70. The van der Waals surface area contributed by atoms with Gasteiger partial charge in [0.2, 0.25) is 0 Å². The minimum absolute atomic E-state index is 0.0160. The lowest BCUT2D eigenvalue weighted by molar-refractivity contribution is 0.468. The van der Waals surface area contributed by atoms with Crippen molar-refractivity contribution in [2.45, 2.75) is 12.7 Å². The average Bonchev–Trinajstić information content (AvgIpc) is 2.03. The van der Waals surface area contributed by atoms with Crippen LogP contribution in [0.5, 0.6) is 5.75 Å². The van der Waals surface area contributed by atoms with E-state index in [0.717, 1.165) is 11.8 Å². The van der Waals surface area contributed by atoms with Crippen molar-refractivity contribution >= 4 is 11.8 Å². The molecular formula is C9H11FOS. The predicted octanol–water partition coefficient (Wildman–Crippen LogP) is 2.78. The summed E-state index contributed by atoms with van der Waals surface area (Å²) in [5.41, 5.74) is 0.652. The van der Waals surface area contributed by atoms with Crippen molar-refractivity contribution in [3.05, 3.63) is 29.6 Å². The van der Waals surface area contributed by atoms with Gasteiger partial charge in [0.25, 0.3) is 0 Å². The number of rotatable bonds is 3. The zero-order valence-electron chi connectivity index (χ0n) is 6.88. The lowest BCUT2D eigenvalue weighted by Gasteiger charge is -2.01. The Morgan fingerprint density at radius 1 is 1.50 bits per heavy atom. The van der Waals surface area contributed by atoms with Gasteiger partial charge in [0.05, 0.1) is 0 Å². The smallest absolute Gasteiger partial charge is 0.130 e. The first-order valence-electron chi connectivity index (χ1n) is 3.79. The summed E-state index contributed by atoms with van der Waals surface area (Å²) in [5.74, 6) is 1.30. The summed E-state index contributed by atoms with van der Waals surface area (Å²) in [6.45, 7) is 2.03. The average molecular weight is 186 g/mol. The maximum absolute atomic E-state index is 13.0. The molecule has 0 heterocycles. The molecule has 0 amide bonds. The third-order valence-electron chi connectivity index (χ3n) is 1.50. The molecule has 0 fully saturated rings. The van der Waals surface area contributed by atoms with E-state index in [1.54, 1.807) is 17.8 Å². The van der Waals surface area contributed by atoms with Gasteiger partial charge in [-0.3, -0.25) is 0 Å². The molecule has 0 spiro atoms. The van der Waals surface area contributed by atoms with Crippen LogP contribution < -0.4 is 0 Å². The molecule has 0 aliphatic rings. The Balaban J connectivity index is 2.72. The van der Waals surface area contributed by atoms with E-state index in [2.05, 4.69) is 0 Å². The molecule has 0 saturated carbocycles. The van der Waals surface area contributed by atoms with Crippen molar-refractivity contribution in [1.29, 1.82) is 0 Å². The van der Waals surface area contributed by atoms with Gasteiger partial charge in [-0.05, 0) is 17.4 Å². The van der Waals surface area contributed by atoms with Crippen molar-refractivity contribution in [1.82, 2.24) is 0 Å². The van der Waals surface area contributed by atoms with Crippen LogP contribution >= 0.6 is 11.8 Å². The lowest BCUT2D eigenvalue weighted by atomic mass is 10.2. The van der Waals surface area contributed by atoms with Gasteiger partial charge in [-0.15, -0.1) is 0 Å². The molecule has 12 heavy (non-hydrogen) atoms. The third kappa shape index (κ3) is 2.41. The Morgan fingerprint density at radius 3 is 2.83 bits per heavy atom. The maximum Gasteiger partial charge on any atom is 0.130 e. The Hall–Kier alpha value is -0.700. The number of hydrogen-bond acceptors (Lipinski definition) is 2. The fraction of sp³-hybridized carbons (Fsp3) is 0.333. The standard InChI is InChI=1S/C9H11FOS/c1-2-12-6-7-3-4-8(11)5-9(7)10/h3-5,11H,2,6H2,1H3. The number of halogens is 1. The van der Waals surface area contributed by atoms with Crippen LogP contribution in [0.1, 0.15) is 12.5 Å². The van der Waals surface area contributed by atoms with Crippen LogP contribution in [0, 0.1) is 5.82 Å². The summed E-state index contributed by atoms with van der Waals surface area (Å²) >= 11 is 1.66. The van der Waals surface area contributed by atoms with Gasteiger partial charge < -0.3 is 5.11 Å². The first-order valence-corrected chi connectivity index (χ1v) is 4.94. The molecule has 0 atom stereocenters. The number of phenols is 1. The largest absolute Gasteiger partial charge is 0.508 e. The fourth-order valence-electron chi connectivity index (χ4n) is 0.865. The highest BCUT2D eigenvalue weighted by Crippen LogP contribution is 2.19. The van der Waals surface area contributed by atoms with Gasteiger partial charge in [-0.25, -0.2) is 4.39 Å². The minimum atomic E-state index is -0.323. The SMILES string of the molecule is CCSCc1ccc(O)cc1F. The molecule has 0 radical (unpaired) electrons. The second kappa shape index (κ2) is 4.36. The van der Waals surface area contributed by atoms with Gasteiger partial charge >= 0.3 is 0 Å². The van der Waals surface area contributed by atoms with Crippen LogP contribution in [0.2, 0.25) is 0 Å². The third-order valence-corrected chi connectivity index (χ3v) is 2.42. The molecule has 0 saturated heterocycles. The summed E-state index contributed by atoms with van der Waals surface area (Å²) in [7, 11) is 0. The lowest BCUT2D eigenvalue weighted by Crippen LogP contribution is -1.86. The van der Waals surface area contributed by atoms with Crippen molar-refractivity contribution < 1.29 is 9.50 Å². The van der Waals surface area contributed by atoms with Crippen LogP contribution in [-0.4, -0.2) is 10.9 Å². The van der Waals surface area contributed by atoms with E-state index in [1.165, 1.54) is 6.07 Å². The number of thioether (sulfide) groups is 1. The molecule has 0 aliphatic heterocycles. The highest BCUT2D eigenvalue weighted by Gasteiger charge is 2.01. The highest BCUT2D eigenvalue weighted by molar-refractivity contribution is 7.98. The maximum atomic E-state index is 13.0. The van der Waals surface area contributed by atoms with E-state index >= 15 is 0 Å². The van der Waals surface area contributed by atoms with Crippen LogP contribution in [0.25, 0.3) is 0 Å². The monoisotopic (exact) mass is 186 g/mol. The number of benzene rings is 1. The fourth-order valence-corrected chi connectivity index (χ4v) is 1.52. The normalized spacial score (nSPS) is 10.2. The Morgan fingerprint density at radius 2 is 2.25 bits per heavy atom. The quantitative estimate of drug-likeness (QED) is 0.783. The summed E-state index contributed by atoms with van der Waals surface area (Å²) < 4.78 is 13.0. The van der Waals surface area contributed by atoms with Crippen LogP contribution in [0.3, 0.4) is 0 Å². The van der Waals surface area contributed by atoms with Crippen molar-refractivity contribution in [2.24, 2.45) is 0 Å². The van der Waals surface area contributed by atoms with E-state index in [9.17, 15) is 4.39 Å². The molecule has 1 nitrogen and oxygen atoms in total. The number of aromatic hydroxyl groups is 1. The molecule has 0 bridgehead atoms. The first-order chi connectivity index (χ1) is 5.74. The molecule has 0 unspecified atom stereocenters. The summed E-state index contributed by atoms with van der Waals surface area (Å²) in [5, 5.41) is 8.92. The van der Waals surface area contributed by atoms with Crippen molar-refractivity contribution in [3.8, 4) is 5.75 Å². The van der Waals surface area contributed by atoms with Crippen molar-refractivity contribution in [2.75, 3.05) is 5.75 Å². The molecule has 1 aromatic rings. The Labute approximate surface area is 75.6 Å². The van der Waals surface area contributed by atoms with Crippen LogP contribution in [0.4, 0.5) is 4.39 Å². The molecule has 1 aromatic carbocycles. The highest BCUT2D eigenvalue weighted by atomic mass is 32.2. The molecule has 0 aliphatic carbocycles. The Kier molecular flexibility index (Phi) is 3.41. The summed E-state index contributed by atoms with van der Waals surface area (Å²) in [6.07, 6.45) is 0. The van der Waals surface area contributed by atoms with Crippen LogP contribution in [-0.2, 0) is 5.75 Å². The summed E-state index contributed by atoms with van der Waals surface area (Å²) in [6, 6.07) is 4.27. The van der Waals surface area contributed by atoms with Gasteiger partial charge in [0, 0.05) is 11.8 Å². The molecule has 3 heteroatoms. The molecule has 1 N–H and O–H groups in total. The number of phenolic OH excluding ortho intramolecular Hbond substituents is 1. The van der Waals surface area contributed by atoms with Gasteiger partial charge in [-0.2, -0.15) is 11.8 Å². The molecule has 1 rings (SSSR count). The van der Waals surface area contributed by atoms with Crippen molar-refractivity contribution in [3.63, 3.8) is 0 Å². The van der Waals surface area contributed by atoms with Gasteiger partial charge in [-0.1, -0.05) is 13.0 Å². The molecule has 66 valence electrons. The topological polar surface area (TPSA) is 20.2 Å². The first kappa shape index (κ1) is 9.39. The minimum Gasteiger partial charge on any atom is -0.508 e. The predicted molar refractivity (Wildman–Crippen MR) is 49.9 cm³/mol. The Bertz CT molecular complexity index is 263. The number of hydrogen-bond donors (Lipinski definition) is 1. The summed E-state index contributed by atoms with van der Waals surface area (Å²) in [4.78, 5) is 0. The van der Waals surface area contributed by atoms with Gasteiger partial charge in [0.15, 0.2) is 0 Å². The van der Waals surface area contributed by atoms with Gasteiger partial charge in [0.1, 0.15) is 11.6 Å². The second-order valence-electron chi connectivity index (χ2n) is 2.41. The van der Waals surface area contributed by atoms with E-state index in [0.29, 0.717) is 11.3 Å². The van der Waals surface area contributed by atoms with E-state index in [-0.39, 0.29) is 11.6 Å². The van der Waals surface area contributed by atoms with E-state index in [1.807, 2.05) is 6.92 Å². The second-order valence-corrected chi connectivity index (χ2v) is 3.69. The zero-order chi connectivity index (χ0) is 8.97. The van der Waals surface area contributed by atoms with Crippen LogP contribution in [0.15, 0.2) is 18.2 Å². The molecule has 0 aromatic heterocycles.